The number of carbonyl (C=O) groups excluding carboxylic acids is 6. The van der Waals surface area contributed by atoms with Gasteiger partial charge in [-0.1, -0.05) is 32.0 Å². The summed E-state index contributed by atoms with van der Waals surface area (Å²) < 4.78 is 4.01. The maximum absolute atomic E-state index is 14.1. The van der Waals surface area contributed by atoms with Crippen LogP contribution in [0.15, 0.2) is 29.3 Å². The Kier molecular flexibility index (Phi) is 12.1. The Labute approximate surface area is 290 Å². The van der Waals surface area contributed by atoms with Gasteiger partial charge in [-0.05, 0) is 63.3 Å². The summed E-state index contributed by atoms with van der Waals surface area (Å²) in [5.74, 6) is -4.77. The fourth-order valence-electron chi connectivity index (χ4n) is 6.41. The topological polar surface area (TPSA) is 199 Å². The minimum atomic E-state index is -1.43. The van der Waals surface area contributed by atoms with Crippen LogP contribution < -0.4 is 21.3 Å². The highest BCUT2D eigenvalue weighted by atomic mass is 32.2. The molecule has 1 aromatic carbocycles. The van der Waals surface area contributed by atoms with Crippen molar-refractivity contribution in [2.75, 3.05) is 19.9 Å². The fourth-order valence-corrected chi connectivity index (χ4v) is 6.82. The molecule has 15 heteroatoms. The summed E-state index contributed by atoms with van der Waals surface area (Å²) in [5, 5.41) is 21.0. The van der Waals surface area contributed by atoms with Crippen LogP contribution in [0.4, 0.5) is 5.69 Å². The van der Waals surface area contributed by atoms with Crippen LogP contribution in [-0.4, -0.2) is 101 Å². The summed E-state index contributed by atoms with van der Waals surface area (Å²) in [5.41, 5.74) is 1.41. The average Bonchev–Trinajstić information content (AvgIpc) is 3.70. The van der Waals surface area contributed by atoms with Crippen molar-refractivity contribution < 1.29 is 33.5 Å². The maximum Gasteiger partial charge on any atom is 0.308 e. The molecule has 3 aliphatic heterocycles. The van der Waals surface area contributed by atoms with E-state index in [9.17, 15) is 34.0 Å². The van der Waals surface area contributed by atoms with Crippen LogP contribution in [0.25, 0.3) is 0 Å². The zero-order chi connectivity index (χ0) is 36.0. The van der Waals surface area contributed by atoms with Gasteiger partial charge in [0.2, 0.25) is 29.5 Å². The highest BCUT2D eigenvalue weighted by Crippen LogP contribution is 2.38. The fraction of sp³-hybridized carbons (Fsp3) is 0.588. The second-order valence-electron chi connectivity index (χ2n) is 13.5. The van der Waals surface area contributed by atoms with E-state index >= 15 is 0 Å². The Bertz CT molecular complexity index is 1550. The minimum absolute atomic E-state index is 0.0554. The quantitative estimate of drug-likeness (QED) is 0.291. The summed E-state index contributed by atoms with van der Waals surface area (Å²) in [6.07, 6.45) is 2.18. The Morgan fingerprint density at radius 2 is 1.67 bits per heavy atom. The van der Waals surface area contributed by atoms with Crippen molar-refractivity contribution in [3.63, 3.8) is 0 Å². The molecule has 4 rings (SSSR count). The van der Waals surface area contributed by atoms with Crippen LogP contribution in [0, 0.1) is 17.2 Å². The zero-order valence-corrected chi connectivity index (χ0v) is 29.5. The van der Waals surface area contributed by atoms with Crippen molar-refractivity contribution >= 4 is 58.7 Å². The van der Waals surface area contributed by atoms with Gasteiger partial charge in [-0.3, -0.25) is 28.8 Å². The number of methoxy groups -OCH3 is 1. The maximum atomic E-state index is 14.1. The lowest BCUT2D eigenvalue weighted by Gasteiger charge is -2.35. The lowest BCUT2D eigenvalue weighted by atomic mass is 9.89. The van der Waals surface area contributed by atoms with Crippen LogP contribution in [0.5, 0.6) is 0 Å². The third-order valence-corrected chi connectivity index (χ3v) is 10.6. The van der Waals surface area contributed by atoms with Crippen molar-refractivity contribution in [3.8, 4) is 6.07 Å². The summed E-state index contributed by atoms with van der Waals surface area (Å²) >= 11 is 1.35. The molecule has 5 amide bonds. The second-order valence-corrected chi connectivity index (χ2v) is 14.9. The first-order chi connectivity index (χ1) is 23.2. The highest BCUT2D eigenvalue weighted by Gasteiger charge is 2.44. The number of benzene rings is 1. The highest BCUT2D eigenvalue weighted by molar-refractivity contribution is 8.00. The van der Waals surface area contributed by atoms with Gasteiger partial charge in [0.05, 0.1) is 19.2 Å². The summed E-state index contributed by atoms with van der Waals surface area (Å²) in [7, 11) is 1.16. The molecule has 0 aromatic heterocycles. The number of amides is 5. The van der Waals surface area contributed by atoms with E-state index in [1.807, 2.05) is 13.8 Å². The van der Waals surface area contributed by atoms with E-state index in [0.29, 0.717) is 24.1 Å². The van der Waals surface area contributed by atoms with E-state index in [1.165, 1.54) is 16.7 Å². The minimum Gasteiger partial charge on any atom is -0.469 e. The molecule has 264 valence electrons. The Morgan fingerprint density at radius 3 is 2.33 bits per heavy atom. The number of esters is 1. The molecule has 49 heavy (non-hydrogen) atoms. The van der Waals surface area contributed by atoms with Gasteiger partial charge in [-0.2, -0.15) is 17.0 Å². The molecular weight excluding hydrogens is 650 g/mol. The van der Waals surface area contributed by atoms with Crippen LogP contribution in [0.2, 0.25) is 0 Å². The van der Waals surface area contributed by atoms with Crippen LogP contribution in [0.3, 0.4) is 0 Å². The standard InChI is InChI=1S/C34H45N7O7S/c1-18(2)14-22-29(43)37-23(15-20-19-10-7-8-11-21(19)36-25(20)17-35)30(44)39-24(16-27(42)48-5)33(47)41-13-9-12-26(41)31(45)40-28(32(46)38-22)34(3,4)49-6/h7-8,10-11,18,20,22-24,26,28H,9,12-16H2,1-6H3,(H,37,43)(H,38,46)(H,39,44)(H,40,45)/t20?,22-,23+,24+,26-,28-/m0/s1. The number of fused-ring (bicyclic) bond motifs is 2. The predicted molar refractivity (Wildman–Crippen MR) is 183 cm³/mol. The number of nitrogens with one attached hydrogen (secondary N) is 4. The zero-order valence-electron chi connectivity index (χ0n) is 28.7. The first-order valence-corrected chi connectivity index (χ1v) is 17.6. The molecule has 3 aliphatic rings. The summed E-state index contributed by atoms with van der Waals surface area (Å²) in [6, 6.07) is 3.29. The number of nitriles is 1. The number of hydrogen-bond donors (Lipinski definition) is 4. The van der Waals surface area contributed by atoms with E-state index < -0.39 is 82.8 Å². The Morgan fingerprint density at radius 1 is 1.02 bits per heavy atom. The van der Waals surface area contributed by atoms with Crippen molar-refractivity contribution in [1.82, 2.24) is 26.2 Å². The molecule has 1 aromatic rings. The van der Waals surface area contributed by atoms with Gasteiger partial charge in [0, 0.05) is 17.2 Å². The van der Waals surface area contributed by atoms with E-state index in [0.717, 1.165) is 7.11 Å². The molecule has 2 fully saturated rings. The molecular formula is C34H45N7O7S. The number of carbonyl (C=O) groups is 6. The molecule has 14 nitrogen and oxygen atoms in total. The van der Waals surface area contributed by atoms with E-state index in [4.69, 9.17) is 4.74 Å². The number of rotatable bonds is 8. The van der Waals surface area contributed by atoms with Crippen molar-refractivity contribution in [3.05, 3.63) is 29.8 Å². The van der Waals surface area contributed by atoms with Crippen LogP contribution in [-0.2, 0) is 33.5 Å². The van der Waals surface area contributed by atoms with Gasteiger partial charge in [-0.25, -0.2) is 4.99 Å². The molecule has 0 aliphatic carbocycles. The number of hydrogen-bond acceptors (Lipinski definition) is 10. The van der Waals surface area contributed by atoms with Crippen molar-refractivity contribution in [1.29, 1.82) is 5.26 Å². The van der Waals surface area contributed by atoms with Gasteiger partial charge in [0.1, 0.15) is 42.0 Å². The third kappa shape index (κ3) is 8.59. The average molecular weight is 696 g/mol. The molecule has 0 radical (unpaired) electrons. The third-order valence-electron chi connectivity index (χ3n) is 9.26. The first kappa shape index (κ1) is 37.4. The molecule has 2 saturated heterocycles. The molecule has 4 N–H and O–H groups in total. The van der Waals surface area contributed by atoms with Gasteiger partial charge < -0.3 is 30.9 Å². The van der Waals surface area contributed by atoms with Gasteiger partial charge in [0.15, 0.2) is 0 Å². The first-order valence-electron chi connectivity index (χ1n) is 16.4. The predicted octanol–water partition coefficient (Wildman–Crippen LogP) is 1.46. The monoisotopic (exact) mass is 695 g/mol. The number of para-hydroxylation sites is 1. The van der Waals surface area contributed by atoms with E-state index in [2.05, 4.69) is 32.3 Å². The Balaban J connectivity index is 1.81. The van der Waals surface area contributed by atoms with Crippen LogP contribution in [0.1, 0.15) is 71.3 Å². The molecule has 3 heterocycles. The van der Waals surface area contributed by atoms with Gasteiger partial charge >= 0.3 is 5.97 Å². The Hall–Kier alpha value is -4.45. The van der Waals surface area contributed by atoms with Gasteiger partial charge in [-0.15, -0.1) is 0 Å². The lowest BCUT2D eigenvalue weighted by molar-refractivity contribution is -0.147. The molecule has 0 bridgehead atoms. The van der Waals surface area contributed by atoms with E-state index in [-0.39, 0.29) is 31.0 Å². The van der Waals surface area contributed by atoms with Crippen molar-refractivity contribution in [2.45, 2.75) is 101 Å². The largest absolute Gasteiger partial charge is 0.469 e. The second kappa shape index (κ2) is 15.8. The molecule has 6 atom stereocenters. The van der Waals surface area contributed by atoms with Gasteiger partial charge in [0.25, 0.3) is 0 Å². The molecule has 0 saturated carbocycles. The normalized spacial score (nSPS) is 26.6. The number of nitrogens with zero attached hydrogens (tertiary/aromatic N) is 3. The lowest BCUT2D eigenvalue weighted by Crippen LogP contribution is -2.62. The number of aliphatic imine (C=N–C) groups is 1. The SMILES string of the molecule is COC(=O)C[C@H]1NC(=O)[C@@H](CC2C(C#N)=Nc3ccccc32)NC(=O)[C@H](CC(C)C)NC(=O)[C@@H](C(C)(C)SC)NC(=O)[C@@H]2CCCN2C1=O. The summed E-state index contributed by atoms with van der Waals surface area (Å²) in [4.78, 5) is 88.2. The smallest absolute Gasteiger partial charge is 0.308 e. The van der Waals surface area contributed by atoms with Crippen LogP contribution >= 0.6 is 11.8 Å². The molecule has 0 spiro atoms. The number of thioether (sulfide) groups is 1. The van der Waals surface area contributed by atoms with E-state index in [1.54, 1.807) is 44.4 Å². The van der Waals surface area contributed by atoms with Crippen molar-refractivity contribution in [2.24, 2.45) is 10.9 Å². The summed E-state index contributed by atoms with van der Waals surface area (Å²) in [6.45, 7) is 7.54. The number of ether oxygens (including phenoxy) is 1. The molecule has 1 unspecified atom stereocenters.